The number of hydrogen-bond acceptors (Lipinski definition) is 5. The molecule has 2 amide bonds. The van der Waals surface area contributed by atoms with E-state index in [9.17, 15) is 9.59 Å². The van der Waals surface area contributed by atoms with E-state index in [0.717, 1.165) is 24.8 Å². The molecule has 7 heteroatoms. The van der Waals surface area contributed by atoms with Crippen LogP contribution < -0.4 is 10.5 Å². The topological polar surface area (TPSA) is 88.2 Å². The number of para-hydroxylation sites is 1. The second-order valence-electron chi connectivity index (χ2n) is 8.83. The molecule has 1 unspecified atom stereocenters. The Morgan fingerprint density at radius 2 is 1.81 bits per heavy atom. The van der Waals surface area contributed by atoms with Gasteiger partial charge in [-0.1, -0.05) is 42.5 Å². The van der Waals surface area contributed by atoms with Gasteiger partial charge in [0.2, 0.25) is 0 Å². The lowest BCUT2D eigenvalue weighted by Gasteiger charge is -2.34. The summed E-state index contributed by atoms with van der Waals surface area (Å²) in [6.07, 6.45) is 3.18. The number of carbonyl (C=O) groups excluding carboxylic acids is 2. The van der Waals surface area contributed by atoms with E-state index < -0.39 is 5.54 Å². The van der Waals surface area contributed by atoms with E-state index in [0.29, 0.717) is 43.7 Å². The van der Waals surface area contributed by atoms with Gasteiger partial charge in [0, 0.05) is 19.6 Å². The average molecular weight is 433 g/mol. The molecule has 2 N–H and O–H groups in total. The van der Waals surface area contributed by atoms with Crippen molar-refractivity contribution in [2.24, 2.45) is 16.6 Å². The molecule has 3 aliphatic rings. The molecule has 1 atom stereocenters. The van der Waals surface area contributed by atoms with Gasteiger partial charge in [-0.25, -0.2) is 4.99 Å². The highest BCUT2D eigenvalue weighted by Crippen LogP contribution is 2.44. The van der Waals surface area contributed by atoms with E-state index in [1.54, 1.807) is 4.90 Å². The van der Waals surface area contributed by atoms with Crippen molar-refractivity contribution in [1.82, 2.24) is 9.80 Å². The van der Waals surface area contributed by atoms with E-state index in [2.05, 4.69) is 11.1 Å². The Kier molecular flexibility index (Phi) is 5.33. The summed E-state index contributed by atoms with van der Waals surface area (Å²) in [5, 5.41) is 0. The molecule has 166 valence electrons. The summed E-state index contributed by atoms with van der Waals surface area (Å²) < 4.78 is 5.59. The highest BCUT2D eigenvalue weighted by atomic mass is 16.5. The van der Waals surface area contributed by atoms with Crippen LogP contribution in [0, 0.1) is 5.92 Å². The van der Waals surface area contributed by atoms with Crippen molar-refractivity contribution in [3.63, 3.8) is 0 Å². The first-order chi connectivity index (χ1) is 15.6. The van der Waals surface area contributed by atoms with Gasteiger partial charge in [-0.2, -0.15) is 0 Å². The van der Waals surface area contributed by atoms with Gasteiger partial charge in [0.05, 0.1) is 0 Å². The van der Waals surface area contributed by atoms with Gasteiger partial charge in [0.25, 0.3) is 11.8 Å². The first-order valence-corrected chi connectivity index (χ1v) is 11.3. The third-order valence-corrected chi connectivity index (χ3v) is 6.91. The van der Waals surface area contributed by atoms with Crippen molar-refractivity contribution in [2.75, 3.05) is 26.2 Å². The van der Waals surface area contributed by atoms with Gasteiger partial charge < -0.3 is 15.4 Å². The minimum atomic E-state index is -0.841. The molecule has 0 aromatic heterocycles. The lowest BCUT2D eigenvalue weighted by Crippen LogP contribution is -2.47. The zero-order valence-corrected chi connectivity index (χ0v) is 18.1. The maximum Gasteiger partial charge on any atom is 0.261 e. The molecular weight excluding hydrogens is 404 g/mol. The molecule has 0 bridgehead atoms. The minimum Gasteiger partial charge on any atom is -0.484 e. The molecule has 5 rings (SSSR count). The Labute approximate surface area is 187 Å². The summed E-state index contributed by atoms with van der Waals surface area (Å²) in [5.74, 6) is 1.29. The number of likely N-dealkylation sites (tertiary alicyclic amines) is 1. The number of aliphatic imine (C=N–C) groups is 1. The smallest absolute Gasteiger partial charge is 0.261 e. The summed E-state index contributed by atoms with van der Waals surface area (Å²) >= 11 is 0. The second kappa shape index (κ2) is 8.30. The predicted molar refractivity (Wildman–Crippen MR) is 121 cm³/mol. The van der Waals surface area contributed by atoms with E-state index in [1.165, 1.54) is 5.56 Å². The van der Waals surface area contributed by atoms with Gasteiger partial charge in [-0.05, 0) is 54.9 Å². The Bertz CT molecular complexity index is 1050. The molecule has 1 aliphatic carbocycles. The fourth-order valence-electron chi connectivity index (χ4n) is 5.11. The predicted octanol–water partition coefficient (Wildman–Crippen LogP) is 2.30. The number of carbonyl (C=O) groups is 2. The number of fused-ring (bicyclic) bond motifs is 2. The van der Waals surface area contributed by atoms with Gasteiger partial charge in [-0.3, -0.25) is 14.5 Å². The fourth-order valence-corrected chi connectivity index (χ4v) is 5.11. The quantitative estimate of drug-likeness (QED) is 0.785. The van der Waals surface area contributed by atoms with Crippen LogP contribution in [0.15, 0.2) is 59.6 Å². The van der Waals surface area contributed by atoms with Crippen LogP contribution in [0.3, 0.4) is 0 Å². The van der Waals surface area contributed by atoms with Gasteiger partial charge in [0.15, 0.2) is 18.1 Å². The molecule has 1 fully saturated rings. The van der Waals surface area contributed by atoms with Gasteiger partial charge in [-0.15, -0.1) is 0 Å². The number of hydrogen-bond donors (Lipinski definition) is 1. The fraction of sp³-hybridized carbons (Fsp3) is 0.400. The normalized spacial score (nSPS) is 22.9. The molecule has 0 radical (unpaired) electrons. The number of aryl methyl sites for hydroxylation is 1. The monoisotopic (exact) mass is 432 g/mol. The Morgan fingerprint density at radius 1 is 1.09 bits per heavy atom. The zero-order chi connectivity index (χ0) is 22.1. The van der Waals surface area contributed by atoms with Crippen LogP contribution in [0.5, 0.6) is 5.75 Å². The maximum absolute atomic E-state index is 13.4. The van der Waals surface area contributed by atoms with Crippen LogP contribution >= 0.6 is 0 Å². The standard InChI is InChI=1S/C25H28N4O3/c26-24-27-25(13-10-19-6-4-5-9-21(19)25)23(31)29(24)16-18-11-14-28(15-12-18)22(30)17-32-20-7-2-1-3-8-20/h1-9,18H,10-17H2,(H2,26,27). The Morgan fingerprint density at radius 3 is 2.59 bits per heavy atom. The lowest BCUT2D eigenvalue weighted by molar-refractivity contribution is -0.136. The highest BCUT2D eigenvalue weighted by Gasteiger charge is 2.52. The number of piperidine rings is 1. The highest BCUT2D eigenvalue weighted by molar-refractivity contribution is 6.07. The number of nitrogens with two attached hydrogens (primary N) is 1. The summed E-state index contributed by atoms with van der Waals surface area (Å²) in [4.78, 5) is 34.1. The molecule has 0 saturated carbocycles. The third-order valence-electron chi connectivity index (χ3n) is 6.91. The average Bonchev–Trinajstić information content (AvgIpc) is 3.31. The zero-order valence-electron chi connectivity index (χ0n) is 18.1. The first kappa shape index (κ1) is 20.5. The van der Waals surface area contributed by atoms with Crippen LogP contribution in [-0.4, -0.2) is 53.8 Å². The number of nitrogens with zero attached hydrogens (tertiary/aromatic N) is 3. The van der Waals surface area contributed by atoms with Crippen molar-refractivity contribution in [1.29, 1.82) is 0 Å². The molecule has 2 aliphatic heterocycles. The number of guanidine groups is 1. The number of benzene rings is 2. The van der Waals surface area contributed by atoms with Crippen molar-refractivity contribution < 1.29 is 14.3 Å². The van der Waals surface area contributed by atoms with E-state index in [1.807, 2.05) is 53.4 Å². The van der Waals surface area contributed by atoms with E-state index in [-0.39, 0.29) is 18.4 Å². The summed E-state index contributed by atoms with van der Waals surface area (Å²) in [6.45, 7) is 1.92. The molecule has 2 aromatic carbocycles. The summed E-state index contributed by atoms with van der Waals surface area (Å²) in [7, 11) is 0. The van der Waals surface area contributed by atoms with Crippen LogP contribution in [0.25, 0.3) is 0 Å². The van der Waals surface area contributed by atoms with E-state index >= 15 is 0 Å². The third kappa shape index (κ3) is 3.61. The molecule has 2 heterocycles. The van der Waals surface area contributed by atoms with Crippen molar-refractivity contribution in [3.05, 3.63) is 65.7 Å². The Balaban J connectivity index is 1.16. The van der Waals surface area contributed by atoms with Crippen molar-refractivity contribution in [3.8, 4) is 5.75 Å². The van der Waals surface area contributed by atoms with Crippen molar-refractivity contribution >= 4 is 17.8 Å². The minimum absolute atomic E-state index is 0.00489. The first-order valence-electron chi connectivity index (χ1n) is 11.3. The molecule has 1 spiro atoms. The van der Waals surface area contributed by atoms with Crippen LogP contribution in [-0.2, 0) is 21.5 Å². The number of amides is 2. The maximum atomic E-state index is 13.4. The number of ether oxygens (including phenoxy) is 1. The van der Waals surface area contributed by atoms with Crippen LogP contribution in [0.2, 0.25) is 0 Å². The Hall–Kier alpha value is -3.35. The van der Waals surface area contributed by atoms with Gasteiger partial charge >= 0.3 is 0 Å². The second-order valence-corrected chi connectivity index (χ2v) is 8.83. The largest absolute Gasteiger partial charge is 0.484 e. The van der Waals surface area contributed by atoms with E-state index in [4.69, 9.17) is 10.5 Å². The summed E-state index contributed by atoms with van der Waals surface area (Å²) in [6, 6.07) is 17.4. The number of rotatable bonds is 5. The van der Waals surface area contributed by atoms with Crippen molar-refractivity contribution in [2.45, 2.75) is 31.2 Å². The summed E-state index contributed by atoms with van der Waals surface area (Å²) in [5.41, 5.74) is 7.58. The molecule has 1 saturated heterocycles. The SMILES string of the molecule is NC1=NC2(CCc3ccccc32)C(=O)N1CC1CCN(C(=O)COc2ccccc2)CC1. The van der Waals surface area contributed by atoms with Crippen LogP contribution in [0.4, 0.5) is 0 Å². The molecular formula is C25H28N4O3. The molecule has 7 nitrogen and oxygen atoms in total. The molecule has 2 aromatic rings. The van der Waals surface area contributed by atoms with Crippen LogP contribution in [0.1, 0.15) is 30.4 Å². The molecule has 32 heavy (non-hydrogen) atoms. The lowest BCUT2D eigenvalue weighted by atomic mass is 9.91. The van der Waals surface area contributed by atoms with Gasteiger partial charge in [0.1, 0.15) is 5.75 Å².